The Labute approximate surface area is 67.9 Å². The average molecular weight is 172 g/mol. The summed E-state index contributed by atoms with van der Waals surface area (Å²) in [6.45, 7) is 0. The van der Waals surface area contributed by atoms with Crippen LogP contribution in [0.2, 0.25) is 0 Å². The topological polar surface area (TPSA) is 98.0 Å². The lowest BCUT2D eigenvalue weighted by molar-refractivity contribution is -0.140. The standard InChI is InChI=1S/C7H8O5/c8-4-1-3(7(11)12)2-5(9)6(4)10/h1,3,8-10H,2H2,(H,11,12). The molecule has 0 fully saturated rings. The van der Waals surface area contributed by atoms with Crippen molar-refractivity contribution in [3.05, 3.63) is 23.4 Å². The molecule has 5 heteroatoms. The van der Waals surface area contributed by atoms with Crippen LogP contribution in [0.25, 0.3) is 0 Å². The van der Waals surface area contributed by atoms with E-state index < -0.39 is 29.2 Å². The van der Waals surface area contributed by atoms with E-state index in [-0.39, 0.29) is 6.42 Å². The number of aliphatic hydroxyl groups is 3. The van der Waals surface area contributed by atoms with E-state index in [2.05, 4.69) is 0 Å². The van der Waals surface area contributed by atoms with Crippen molar-refractivity contribution in [2.45, 2.75) is 6.42 Å². The second-order valence-electron chi connectivity index (χ2n) is 2.50. The fraction of sp³-hybridized carbons (Fsp3) is 0.286. The summed E-state index contributed by atoms with van der Waals surface area (Å²) in [5.74, 6) is -3.86. The summed E-state index contributed by atoms with van der Waals surface area (Å²) in [6, 6.07) is 0. The zero-order valence-corrected chi connectivity index (χ0v) is 6.06. The van der Waals surface area contributed by atoms with Crippen LogP contribution in [-0.2, 0) is 4.79 Å². The quantitative estimate of drug-likeness (QED) is 0.470. The van der Waals surface area contributed by atoms with Gasteiger partial charge in [0.2, 0.25) is 0 Å². The largest absolute Gasteiger partial charge is 0.508 e. The molecule has 0 heterocycles. The van der Waals surface area contributed by atoms with Gasteiger partial charge in [-0.15, -0.1) is 0 Å². The van der Waals surface area contributed by atoms with Gasteiger partial charge in [-0.2, -0.15) is 0 Å². The van der Waals surface area contributed by atoms with Crippen molar-refractivity contribution in [3.8, 4) is 0 Å². The predicted molar refractivity (Wildman–Crippen MR) is 38.7 cm³/mol. The highest BCUT2D eigenvalue weighted by Gasteiger charge is 2.25. The highest BCUT2D eigenvalue weighted by Crippen LogP contribution is 2.24. The molecule has 66 valence electrons. The van der Waals surface area contributed by atoms with Gasteiger partial charge in [-0.25, -0.2) is 0 Å². The van der Waals surface area contributed by atoms with E-state index in [1.54, 1.807) is 0 Å². The van der Waals surface area contributed by atoms with Crippen LogP contribution in [0, 0.1) is 5.92 Å². The SMILES string of the molecule is O=C(O)C1C=C(O)C(O)=C(O)C1. The fourth-order valence-electron chi connectivity index (χ4n) is 0.940. The van der Waals surface area contributed by atoms with E-state index in [9.17, 15) is 4.79 Å². The van der Waals surface area contributed by atoms with Crippen LogP contribution in [-0.4, -0.2) is 26.4 Å². The Morgan fingerprint density at radius 3 is 2.42 bits per heavy atom. The lowest BCUT2D eigenvalue weighted by Gasteiger charge is -2.14. The highest BCUT2D eigenvalue weighted by molar-refractivity contribution is 5.73. The Hall–Kier alpha value is -1.65. The minimum Gasteiger partial charge on any atom is -0.508 e. The maximum Gasteiger partial charge on any atom is 0.310 e. The first-order chi connectivity index (χ1) is 5.52. The Bertz CT molecular complexity index is 276. The van der Waals surface area contributed by atoms with E-state index in [1.165, 1.54) is 0 Å². The summed E-state index contributed by atoms with van der Waals surface area (Å²) in [7, 11) is 0. The first-order valence-corrected chi connectivity index (χ1v) is 3.27. The van der Waals surface area contributed by atoms with Gasteiger partial charge < -0.3 is 20.4 Å². The van der Waals surface area contributed by atoms with Crippen LogP contribution >= 0.6 is 0 Å². The molecule has 0 bridgehead atoms. The van der Waals surface area contributed by atoms with Crippen molar-refractivity contribution < 1.29 is 25.2 Å². The molecule has 1 atom stereocenters. The lowest BCUT2D eigenvalue weighted by Crippen LogP contribution is -2.17. The van der Waals surface area contributed by atoms with Crippen molar-refractivity contribution in [1.82, 2.24) is 0 Å². The van der Waals surface area contributed by atoms with Crippen LogP contribution in [0.5, 0.6) is 0 Å². The highest BCUT2D eigenvalue weighted by atomic mass is 16.4. The zero-order valence-electron chi connectivity index (χ0n) is 6.06. The Morgan fingerprint density at radius 2 is 2.00 bits per heavy atom. The summed E-state index contributed by atoms with van der Waals surface area (Å²) in [6.07, 6.45) is 0.794. The van der Waals surface area contributed by atoms with E-state index in [1.807, 2.05) is 0 Å². The minimum absolute atomic E-state index is 0.189. The number of aliphatic hydroxyl groups excluding tert-OH is 3. The van der Waals surface area contributed by atoms with Gasteiger partial charge in [0, 0.05) is 6.42 Å². The number of carbonyl (C=O) groups is 1. The maximum absolute atomic E-state index is 10.4. The summed E-state index contributed by atoms with van der Waals surface area (Å²) < 4.78 is 0. The minimum atomic E-state index is -1.15. The van der Waals surface area contributed by atoms with E-state index in [4.69, 9.17) is 20.4 Å². The molecule has 0 saturated heterocycles. The molecular formula is C7H8O5. The molecule has 0 radical (unpaired) electrons. The van der Waals surface area contributed by atoms with Crippen molar-refractivity contribution in [3.63, 3.8) is 0 Å². The van der Waals surface area contributed by atoms with Gasteiger partial charge in [-0.05, 0) is 6.08 Å². The lowest BCUT2D eigenvalue weighted by atomic mass is 9.98. The third-order valence-corrected chi connectivity index (χ3v) is 1.61. The molecule has 1 unspecified atom stereocenters. The van der Waals surface area contributed by atoms with Gasteiger partial charge >= 0.3 is 5.97 Å². The molecule has 0 aromatic carbocycles. The van der Waals surface area contributed by atoms with Crippen LogP contribution in [0.3, 0.4) is 0 Å². The number of allylic oxidation sites excluding steroid dienone is 1. The number of hydrogen-bond donors (Lipinski definition) is 4. The molecule has 5 nitrogen and oxygen atoms in total. The van der Waals surface area contributed by atoms with Gasteiger partial charge in [0.1, 0.15) is 5.76 Å². The third kappa shape index (κ3) is 1.34. The predicted octanol–water partition coefficient (Wildman–Crippen LogP) is 0.860. The monoisotopic (exact) mass is 172 g/mol. The Balaban J connectivity index is 2.91. The molecule has 0 aromatic rings. The maximum atomic E-state index is 10.4. The number of rotatable bonds is 1. The van der Waals surface area contributed by atoms with Crippen molar-refractivity contribution >= 4 is 5.97 Å². The third-order valence-electron chi connectivity index (χ3n) is 1.61. The normalized spacial score (nSPS) is 23.7. The molecule has 12 heavy (non-hydrogen) atoms. The van der Waals surface area contributed by atoms with Gasteiger partial charge in [-0.1, -0.05) is 0 Å². The Kier molecular flexibility index (Phi) is 1.95. The molecule has 0 amide bonds. The van der Waals surface area contributed by atoms with Gasteiger partial charge in [-0.3, -0.25) is 4.79 Å². The summed E-state index contributed by atoms with van der Waals surface area (Å²) >= 11 is 0. The van der Waals surface area contributed by atoms with Crippen LogP contribution in [0.15, 0.2) is 23.4 Å². The number of hydrogen-bond acceptors (Lipinski definition) is 4. The van der Waals surface area contributed by atoms with E-state index in [0.717, 1.165) is 6.08 Å². The second kappa shape index (κ2) is 2.77. The average Bonchev–Trinajstić information content (AvgIpc) is 1.99. The second-order valence-corrected chi connectivity index (χ2v) is 2.50. The summed E-state index contributed by atoms with van der Waals surface area (Å²) in [5, 5.41) is 35.2. The number of carboxylic acids is 1. The number of aliphatic carboxylic acids is 1. The molecule has 0 saturated carbocycles. The summed E-state index contributed by atoms with van der Waals surface area (Å²) in [4.78, 5) is 10.4. The van der Waals surface area contributed by atoms with E-state index in [0.29, 0.717) is 0 Å². The van der Waals surface area contributed by atoms with Gasteiger partial charge in [0.25, 0.3) is 0 Å². The zero-order chi connectivity index (χ0) is 9.30. The number of carboxylic acid groups (broad SMARTS) is 1. The molecular weight excluding hydrogens is 164 g/mol. The first kappa shape index (κ1) is 8.45. The first-order valence-electron chi connectivity index (χ1n) is 3.27. The van der Waals surface area contributed by atoms with Crippen molar-refractivity contribution in [1.29, 1.82) is 0 Å². The molecule has 0 spiro atoms. The molecule has 4 N–H and O–H groups in total. The Morgan fingerprint density at radius 1 is 1.42 bits per heavy atom. The molecule has 1 rings (SSSR count). The fourth-order valence-corrected chi connectivity index (χ4v) is 0.940. The molecule has 0 aromatic heterocycles. The van der Waals surface area contributed by atoms with Crippen LogP contribution in [0.1, 0.15) is 6.42 Å². The molecule has 0 aliphatic heterocycles. The van der Waals surface area contributed by atoms with Crippen LogP contribution in [0.4, 0.5) is 0 Å². The van der Waals surface area contributed by atoms with E-state index >= 15 is 0 Å². The molecule has 1 aliphatic carbocycles. The smallest absolute Gasteiger partial charge is 0.310 e. The van der Waals surface area contributed by atoms with Gasteiger partial charge in [0.15, 0.2) is 11.5 Å². The van der Waals surface area contributed by atoms with Crippen molar-refractivity contribution in [2.24, 2.45) is 5.92 Å². The van der Waals surface area contributed by atoms with Crippen molar-refractivity contribution in [2.75, 3.05) is 0 Å². The summed E-state index contributed by atoms with van der Waals surface area (Å²) in [5.41, 5.74) is 0. The molecule has 1 aliphatic rings. The van der Waals surface area contributed by atoms with Gasteiger partial charge in [0.05, 0.1) is 5.92 Å². The van der Waals surface area contributed by atoms with Crippen LogP contribution < -0.4 is 0 Å².